The van der Waals surface area contributed by atoms with Gasteiger partial charge in [-0.05, 0) is 35.7 Å². The van der Waals surface area contributed by atoms with Gasteiger partial charge in [-0.2, -0.15) is 26.3 Å². The molecule has 2 rings (SSSR count). The van der Waals surface area contributed by atoms with Gasteiger partial charge >= 0.3 is 12.4 Å². The van der Waals surface area contributed by atoms with E-state index >= 15 is 0 Å². The predicted molar refractivity (Wildman–Crippen MR) is 75.6 cm³/mol. The Balaban J connectivity index is 2.11. The lowest BCUT2D eigenvalue weighted by Crippen LogP contribution is -2.05. The summed E-state index contributed by atoms with van der Waals surface area (Å²) >= 11 is 0. The lowest BCUT2D eigenvalue weighted by atomic mass is 10.1. The highest BCUT2D eigenvalue weighted by molar-refractivity contribution is 5.51. The lowest BCUT2D eigenvalue weighted by molar-refractivity contribution is -0.138. The average Bonchev–Trinajstić information content (AvgIpc) is 2.46. The Bertz CT molecular complexity index is 695. The molecule has 0 unspecified atom stereocenters. The van der Waals surface area contributed by atoms with Crippen LogP contribution in [0, 0.1) is 0 Å². The first-order valence-corrected chi connectivity index (χ1v) is 6.66. The molecule has 0 radical (unpaired) electrons. The van der Waals surface area contributed by atoms with Crippen molar-refractivity contribution in [2.45, 2.75) is 18.8 Å². The second-order valence-electron chi connectivity index (χ2n) is 4.93. The van der Waals surface area contributed by atoms with E-state index in [0.717, 1.165) is 24.3 Å². The molecule has 122 valence electrons. The van der Waals surface area contributed by atoms with Crippen LogP contribution in [0.1, 0.15) is 22.3 Å². The van der Waals surface area contributed by atoms with Gasteiger partial charge < -0.3 is 0 Å². The summed E-state index contributed by atoms with van der Waals surface area (Å²) in [5.41, 5.74) is -0.740. The van der Waals surface area contributed by atoms with E-state index in [1.165, 1.54) is 36.4 Å². The van der Waals surface area contributed by atoms with Crippen molar-refractivity contribution in [1.29, 1.82) is 0 Å². The van der Waals surface area contributed by atoms with Crippen LogP contribution < -0.4 is 0 Å². The number of benzene rings is 2. The smallest absolute Gasteiger partial charge is 0.166 e. The minimum absolute atomic E-state index is 0.195. The molecule has 0 bridgehead atoms. The number of allylic oxidation sites excluding steroid dienone is 1. The van der Waals surface area contributed by atoms with E-state index < -0.39 is 23.5 Å². The molecule has 0 N–H and O–H groups in total. The van der Waals surface area contributed by atoms with Crippen LogP contribution in [0.4, 0.5) is 26.3 Å². The fourth-order valence-electron chi connectivity index (χ4n) is 2.02. The highest BCUT2D eigenvalue weighted by atomic mass is 19.4. The van der Waals surface area contributed by atoms with Gasteiger partial charge in [0.15, 0.2) is 0 Å². The van der Waals surface area contributed by atoms with E-state index in [-0.39, 0.29) is 6.42 Å². The lowest BCUT2D eigenvalue weighted by Gasteiger charge is -2.08. The molecule has 0 saturated heterocycles. The number of hydrogen-bond acceptors (Lipinski definition) is 0. The number of rotatable bonds is 3. The summed E-state index contributed by atoms with van der Waals surface area (Å²) < 4.78 is 75.5. The maximum absolute atomic E-state index is 12.6. The van der Waals surface area contributed by atoms with Gasteiger partial charge in [-0.1, -0.05) is 42.5 Å². The van der Waals surface area contributed by atoms with Crippen molar-refractivity contribution in [2.75, 3.05) is 0 Å². The summed E-state index contributed by atoms with van der Waals surface area (Å²) in [5.74, 6) is 0. The SMILES string of the molecule is FC(F)(F)c1cccc(/C=C/Cc2cccc(C(F)(F)F)c2)c1. The normalized spacial score (nSPS) is 12.8. The molecule has 0 nitrogen and oxygen atoms in total. The molecule has 0 fully saturated rings. The van der Waals surface area contributed by atoms with Crippen LogP contribution in [0.2, 0.25) is 0 Å². The third-order valence-corrected chi connectivity index (χ3v) is 3.13. The molecule has 0 atom stereocenters. The first-order valence-electron chi connectivity index (χ1n) is 6.66. The minimum atomic E-state index is -4.43. The van der Waals surface area contributed by atoms with E-state index in [2.05, 4.69) is 0 Å². The second kappa shape index (κ2) is 6.48. The van der Waals surface area contributed by atoms with Crippen molar-refractivity contribution in [3.8, 4) is 0 Å². The number of hydrogen-bond donors (Lipinski definition) is 0. The van der Waals surface area contributed by atoms with Crippen LogP contribution in [0.15, 0.2) is 54.6 Å². The molecule has 0 heterocycles. The summed E-state index contributed by atoms with van der Waals surface area (Å²) in [7, 11) is 0. The maximum atomic E-state index is 12.6. The van der Waals surface area contributed by atoms with Gasteiger partial charge in [-0.25, -0.2) is 0 Å². The molecule has 2 aromatic rings. The van der Waals surface area contributed by atoms with Crippen molar-refractivity contribution >= 4 is 6.08 Å². The molecule has 0 aliphatic heterocycles. The highest BCUT2D eigenvalue weighted by Crippen LogP contribution is 2.30. The largest absolute Gasteiger partial charge is 0.416 e. The molecule has 0 aliphatic carbocycles. The summed E-state index contributed by atoms with van der Waals surface area (Å²) in [6.07, 6.45) is -5.66. The van der Waals surface area contributed by atoms with Crippen LogP contribution in [0.3, 0.4) is 0 Å². The summed E-state index contributed by atoms with van der Waals surface area (Å²) in [6.45, 7) is 0. The third-order valence-electron chi connectivity index (χ3n) is 3.13. The van der Waals surface area contributed by atoms with Gasteiger partial charge in [0.1, 0.15) is 0 Å². The Morgan fingerprint density at radius 2 is 1.30 bits per heavy atom. The molecule has 0 aromatic heterocycles. The molecule has 6 heteroatoms. The van der Waals surface area contributed by atoms with E-state index in [4.69, 9.17) is 0 Å². The van der Waals surface area contributed by atoms with Gasteiger partial charge in [0.25, 0.3) is 0 Å². The first kappa shape index (κ1) is 17.1. The Morgan fingerprint density at radius 3 is 1.91 bits per heavy atom. The third kappa shape index (κ3) is 4.87. The molecule has 0 spiro atoms. The van der Waals surface area contributed by atoms with E-state index in [1.807, 2.05) is 0 Å². The zero-order valence-corrected chi connectivity index (χ0v) is 11.7. The average molecular weight is 330 g/mol. The van der Waals surface area contributed by atoms with Crippen molar-refractivity contribution in [3.05, 3.63) is 76.9 Å². The summed E-state index contributed by atoms with van der Waals surface area (Å²) in [4.78, 5) is 0. The standard InChI is InChI=1S/C17H12F6/c18-16(19,20)14-8-2-6-12(10-14)4-1-5-13-7-3-9-15(11-13)17(21,22)23/h1-4,6-11H,5H2/b4-1+. The van der Waals surface area contributed by atoms with Gasteiger partial charge in [0.2, 0.25) is 0 Å². The topological polar surface area (TPSA) is 0 Å². The molecule has 0 amide bonds. The molecule has 0 saturated carbocycles. The fourth-order valence-corrected chi connectivity index (χ4v) is 2.02. The summed E-state index contributed by atoms with van der Waals surface area (Å²) in [6, 6.07) is 9.57. The van der Waals surface area contributed by atoms with Crippen molar-refractivity contribution < 1.29 is 26.3 Å². The molecule has 23 heavy (non-hydrogen) atoms. The highest BCUT2D eigenvalue weighted by Gasteiger charge is 2.30. The Kier molecular flexibility index (Phi) is 4.82. The minimum Gasteiger partial charge on any atom is -0.166 e. The Morgan fingerprint density at radius 1 is 0.739 bits per heavy atom. The monoisotopic (exact) mass is 330 g/mol. The predicted octanol–water partition coefficient (Wildman–Crippen LogP) is 5.98. The Hall–Kier alpha value is -2.24. The van der Waals surface area contributed by atoms with E-state index in [9.17, 15) is 26.3 Å². The van der Waals surface area contributed by atoms with Crippen LogP contribution >= 0.6 is 0 Å². The molecular formula is C17H12F6. The van der Waals surface area contributed by atoms with E-state index in [0.29, 0.717) is 11.1 Å². The van der Waals surface area contributed by atoms with Crippen LogP contribution in [0.25, 0.3) is 6.08 Å². The fraction of sp³-hybridized carbons (Fsp3) is 0.176. The zero-order valence-electron chi connectivity index (χ0n) is 11.7. The Labute approximate surface area is 129 Å². The van der Waals surface area contributed by atoms with Crippen molar-refractivity contribution in [1.82, 2.24) is 0 Å². The van der Waals surface area contributed by atoms with Crippen LogP contribution in [-0.4, -0.2) is 0 Å². The van der Waals surface area contributed by atoms with Gasteiger partial charge in [-0.15, -0.1) is 0 Å². The van der Waals surface area contributed by atoms with Crippen molar-refractivity contribution in [2.24, 2.45) is 0 Å². The zero-order chi connectivity index (χ0) is 17.1. The van der Waals surface area contributed by atoms with Gasteiger partial charge in [0.05, 0.1) is 11.1 Å². The van der Waals surface area contributed by atoms with E-state index in [1.54, 1.807) is 0 Å². The van der Waals surface area contributed by atoms with Crippen LogP contribution in [0.5, 0.6) is 0 Å². The molecule has 0 aliphatic rings. The molecule has 2 aromatic carbocycles. The summed E-state index contributed by atoms with van der Waals surface area (Å²) in [5, 5.41) is 0. The van der Waals surface area contributed by atoms with Crippen molar-refractivity contribution in [3.63, 3.8) is 0 Å². The number of halogens is 6. The quantitative estimate of drug-likeness (QED) is 0.607. The first-order chi connectivity index (χ1) is 10.7. The maximum Gasteiger partial charge on any atom is 0.416 e. The second-order valence-corrected chi connectivity index (χ2v) is 4.93. The van der Waals surface area contributed by atoms with Crippen LogP contribution in [-0.2, 0) is 18.8 Å². The number of alkyl halides is 6. The molecular weight excluding hydrogens is 318 g/mol. The van der Waals surface area contributed by atoms with Gasteiger partial charge in [-0.3, -0.25) is 0 Å². The van der Waals surface area contributed by atoms with Gasteiger partial charge in [0, 0.05) is 0 Å².